The molecule has 6 nitrogen and oxygen atoms in total. The van der Waals surface area contributed by atoms with Gasteiger partial charge in [0.2, 0.25) is 0 Å². The van der Waals surface area contributed by atoms with Crippen molar-refractivity contribution in [3.05, 3.63) is 120 Å². The number of imidazole rings is 1. The largest absolute Gasteiger partial charge is 0.329 e. The SMILES string of the molecule is CCn1c(C)nc2cc(C(=O)NN=Cc3ccc(N(c4ccccc4)c4ccccc4)cc3)ccc21. The summed E-state index contributed by atoms with van der Waals surface area (Å²) in [7, 11) is 0. The van der Waals surface area contributed by atoms with E-state index in [-0.39, 0.29) is 5.91 Å². The van der Waals surface area contributed by atoms with Crippen molar-refractivity contribution in [2.24, 2.45) is 5.10 Å². The van der Waals surface area contributed by atoms with Crippen LogP contribution in [-0.2, 0) is 6.54 Å². The zero-order chi connectivity index (χ0) is 24.9. The average Bonchev–Trinajstić information content (AvgIpc) is 3.25. The second-order valence-corrected chi connectivity index (χ2v) is 8.40. The van der Waals surface area contributed by atoms with E-state index in [9.17, 15) is 4.79 Å². The molecule has 0 radical (unpaired) electrons. The van der Waals surface area contributed by atoms with Gasteiger partial charge >= 0.3 is 0 Å². The summed E-state index contributed by atoms with van der Waals surface area (Å²) in [5, 5.41) is 4.16. The van der Waals surface area contributed by atoms with Crippen LogP contribution in [0.4, 0.5) is 17.1 Å². The number of benzene rings is 4. The summed E-state index contributed by atoms with van der Waals surface area (Å²) in [6.45, 7) is 4.89. The van der Waals surface area contributed by atoms with Crippen molar-refractivity contribution in [2.45, 2.75) is 20.4 Å². The summed E-state index contributed by atoms with van der Waals surface area (Å²) >= 11 is 0. The Balaban J connectivity index is 1.30. The first-order valence-electron chi connectivity index (χ1n) is 11.9. The third-order valence-corrected chi connectivity index (χ3v) is 6.08. The number of aryl methyl sites for hydroxylation is 2. The van der Waals surface area contributed by atoms with Crippen LogP contribution in [-0.4, -0.2) is 21.7 Å². The van der Waals surface area contributed by atoms with Gasteiger partial charge in [-0.1, -0.05) is 48.5 Å². The molecule has 178 valence electrons. The van der Waals surface area contributed by atoms with Crippen LogP contribution in [0.25, 0.3) is 11.0 Å². The first-order chi connectivity index (χ1) is 17.6. The Hall–Kier alpha value is -4.71. The lowest BCUT2D eigenvalue weighted by molar-refractivity contribution is 0.0955. The number of carbonyl (C=O) groups is 1. The first-order valence-corrected chi connectivity index (χ1v) is 11.9. The van der Waals surface area contributed by atoms with E-state index in [1.807, 2.05) is 73.7 Å². The molecule has 1 N–H and O–H groups in total. The molecule has 1 aromatic heterocycles. The number of anilines is 3. The molecule has 0 saturated heterocycles. The van der Waals surface area contributed by atoms with E-state index in [4.69, 9.17) is 0 Å². The number of para-hydroxylation sites is 2. The average molecular weight is 474 g/mol. The number of aromatic nitrogens is 2. The van der Waals surface area contributed by atoms with Gasteiger partial charge in [0.15, 0.2) is 0 Å². The van der Waals surface area contributed by atoms with E-state index in [0.717, 1.165) is 46.0 Å². The molecule has 4 aromatic carbocycles. The molecular formula is C30H27N5O. The highest BCUT2D eigenvalue weighted by Crippen LogP contribution is 2.33. The molecule has 5 aromatic rings. The Morgan fingerprint density at radius 2 is 1.50 bits per heavy atom. The van der Waals surface area contributed by atoms with E-state index in [1.54, 1.807) is 18.3 Å². The maximum atomic E-state index is 12.6. The maximum Gasteiger partial charge on any atom is 0.271 e. The standard InChI is InChI=1S/C30H27N5O/c1-3-34-22(2)32-28-20-24(16-19-29(28)34)30(36)33-31-21-23-14-17-27(18-15-23)35(25-10-6-4-7-11-25)26-12-8-5-9-13-26/h4-21H,3H2,1-2H3,(H,33,36). The minimum atomic E-state index is -0.271. The maximum absolute atomic E-state index is 12.6. The van der Waals surface area contributed by atoms with Crippen molar-refractivity contribution < 1.29 is 4.79 Å². The van der Waals surface area contributed by atoms with Gasteiger partial charge in [0.1, 0.15) is 5.82 Å². The summed E-state index contributed by atoms with van der Waals surface area (Å²) in [5.74, 6) is 0.664. The van der Waals surface area contributed by atoms with Crippen molar-refractivity contribution in [1.29, 1.82) is 0 Å². The quantitative estimate of drug-likeness (QED) is 0.214. The third-order valence-electron chi connectivity index (χ3n) is 6.08. The van der Waals surface area contributed by atoms with Crippen LogP contribution in [0.5, 0.6) is 0 Å². The van der Waals surface area contributed by atoms with Gasteiger partial charge in [-0.15, -0.1) is 0 Å². The molecule has 1 heterocycles. The highest BCUT2D eigenvalue weighted by Gasteiger charge is 2.12. The topological polar surface area (TPSA) is 62.5 Å². The Kier molecular flexibility index (Phi) is 6.58. The Morgan fingerprint density at radius 1 is 0.889 bits per heavy atom. The van der Waals surface area contributed by atoms with Gasteiger partial charge in [0.05, 0.1) is 17.2 Å². The van der Waals surface area contributed by atoms with Gasteiger partial charge in [0.25, 0.3) is 5.91 Å². The van der Waals surface area contributed by atoms with Crippen molar-refractivity contribution in [1.82, 2.24) is 15.0 Å². The van der Waals surface area contributed by atoms with Gasteiger partial charge in [-0.2, -0.15) is 5.10 Å². The minimum absolute atomic E-state index is 0.271. The fourth-order valence-corrected chi connectivity index (χ4v) is 4.33. The third kappa shape index (κ3) is 4.74. The van der Waals surface area contributed by atoms with Crippen LogP contribution in [0.15, 0.2) is 108 Å². The second kappa shape index (κ2) is 10.3. The summed E-state index contributed by atoms with van der Waals surface area (Å²) in [6.07, 6.45) is 1.64. The molecule has 0 atom stereocenters. The molecular weight excluding hydrogens is 446 g/mol. The summed E-state index contributed by atoms with van der Waals surface area (Å²) < 4.78 is 2.12. The Morgan fingerprint density at radius 3 is 2.11 bits per heavy atom. The van der Waals surface area contributed by atoms with Crippen LogP contribution < -0.4 is 10.3 Å². The monoisotopic (exact) mass is 473 g/mol. The van der Waals surface area contributed by atoms with Crippen LogP contribution in [0.2, 0.25) is 0 Å². The lowest BCUT2D eigenvalue weighted by Crippen LogP contribution is -2.17. The molecule has 0 aliphatic rings. The Labute approximate surface area is 210 Å². The molecule has 5 rings (SSSR count). The number of fused-ring (bicyclic) bond motifs is 1. The smallest absolute Gasteiger partial charge is 0.271 e. The minimum Gasteiger partial charge on any atom is -0.329 e. The van der Waals surface area contributed by atoms with E-state index >= 15 is 0 Å². The number of nitrogens with one attached hydrogen (secondary N) is 1. The van der Waals surface area contributed by atoms with Gasteiger partial charge < -0.3 is 9.47 Å². The lowest BCUT2D eigenvalue weighted by atomic mass is 10.1. The first kappa shape index (κ1) is 23.1. The molecule has 6 heteroatoms. The van der Waals surface area contributed by atoms with Crippen LogP contribution in [0, 0.1) is 6.92 Å². The predicted octanol–water partition coefficient (Wildman–Crippen LogP) is 6.60. The molecule has 0 aliphatic heterocycles. The molecule has 0 aliphatic carbocycles. The molecule has 1 amide bonds. The van der Waals surface area contributed by atoms with E-state index < -0.39 is 0 Å². The number of amides is 1. The number of hydrazone groups is 1. The number of hydrogen-bond donors (Lipinski definition) is 1. The van der Waals surface area contributed by atoms with Crippen molar-refractivity contribution >= 4 is 40.2 Å². The summed E-state index contributed by atoms with van der Waals surface area (Å²) in [5.41, 5.74) is 9.05. The van der Waals surface area contributed by atoms with E-state index in [0.29, 0.717) is 5.56 Å². The highest BCUT2D eigenvalue weighted by atomic mass is 16.2. The van der Waals surface area contributed by atoms with Crippen molar-refractivity contribution in [3.63, 3.8) is 0 Å². The van der Waals surface area contributed by atoms with Gasteiger partial charge in [-0.05, 0) is 74.0 Å². The highest BCUT2D eigenvalue weighted by molar-refractivity contribution is 5.98. The Bertz CT molecular complexity index is 1470. The molecule has 0 saturated carbocycles. The number of carbonyl (C=O) groups excluding carboxylic acids is 1. The van der Waals surface area contributed by atoms with Gasteiger partial charge in [-0.3, -0.25) is 4.79 Å². The number of rotatable bonds is 7. The normalized spacial score (nSPS) is 11.2. The molecule has 36 heavy (non-hydrogen) atoms. The fraction of sp³-hybridized carbons (Fsp3) is 0.100. The van der Waals surface area contributed by atoms with Gasteiger partial charge in [0, 0.05) is 29.2 Å². The fourth-order valence-electron chi connectivity index (χ4n) is 4.33. The van der Waals surface area contributed by atoms with E-state index in [2.05, 4.69) is 56.2 Å². The summed E-state index contributed by atoms with van der Waals surface area (Å²) in [6, 6.07) is 34.1. The molecule has 0 fully saturated rings. The van der Waals surface area contributed by atoms with E-state index in [1.165, 1.54) is 0 Å². The molecule has 0 unspecified atom stereocenters. The zero-order valence-corrected chi connectivity index (χ0v) is 20.3. The van der Waals surface area contributed by atoms with Gasteiger partial charge in [-0.25, -0.2) is 10.4 Å². The number of hydrogen-bond acceptors (Lipinski definition) is 4. The number of nitrogens with zero attached hydrogens (tertiary/aromatic N) is 4. The van der Waals surface area contributed by atoms with Crippen LogP contribution >= 0.6 is 0 Å². The predicted molar refractivity (Wildman–Crippen MR) is 146 cm³/mol. The van der Waals surface area contributed by atoms with Crippen molar-refractivity contribution in [3.8, 4) is 0 Å². The lowest BCUT2D eigenvalue weighted by Gasteiger charge is -2.25. The van der Waals surface area contributed by atoms with Crippen molar-refractivity contribution in [2.75, 3.05) is 4.90 Å². The van der Waals surface area contributed by atoms with Crippen LogP contribution in [0.3, 0.4) is 0 Å². The molecule has 0 bridgehead atoms. The van der Waals surface area contributed by atoms with Crippen LogP contribution in [0.1, 0.15) is 28.7 Å². The summed E-state index contributed by atoms with van der Waals surface area (Å²) in [4.78, 5) is 19.4. The second-order valence-electron chi connectivity index (χ2n) is 8.40. The molecule has 0 spiro atoms. The zero-order valence-electron chi connectivity index (χ0n) is 20.3.